The Balaban J connectivity index is 1.61. The monoisotopic (exact) mass is 576 g/mol. The molecule has 1 atom stereocenters. The van der Waals surface area contributed by atoms with Crippen LogP contribution in [0.1, 0.15) is 34.5 Å². The van der Waals surface area contributed by atoms with Crippen LogP contribution in [0.15, 0.2) is 87.1 Å². The number of nitrogens with one attached hydrogen (secondary N) is 3. The largest absolute Gasteiger partial charge is 0.468 e. The average Bonchev–Trinajstić information content (AvgIpc) is 3.48. The summed E-state index contributed by atoms with van der Waals surface area (Å²) in [4.78, 5) is 38.6. The van der Waals surface area contributed by atoms with Gasteiger partial charge in [0.15, 0.2) is 0 Å². The van der Waals surface area contributed by atoms with Crippen LogP contribution < -0.4 is 16.0 Å². The van der Waals surface area contributed by atoms with Crippen molar-refractivity contribution in [2.45, 2.75) is 19.8 Å². The van der Waals surface area contributed by atoms with Gasteiger partial charge in [0.05, 0.1) is 58.5 Å². The number of ether oxygens (including phenoxy) is 1. The van der Waals surface area contributed by atoms with Gasteiger partial charge in [0.1, 0.15) is 5.76 Å². The van der Waals surface area contributed by atoms with Crippen molar-refractivity contribution in [2.24, 2.45) is 0 Å². The lowest BCUT2D eigenvalue weighted by Crippen LogP contribution is -2.31. The molecule has 1 aromatic heterocycles. The number of para-hydroxylation sites is 1. The molecule has 0 radical (unpaired) electrons. The number of amides is 2. The smallest absolute Gasteiger partial charge is 0.339 e. The summed E-state index contributed by atoms with van der Waals surface area (Å²) in [5.41, 5.74) is 2.69. The molecule has 2 heterocycles. The van der Waals surface area contributed by atoms with Gasteiger partial charge in [-0.05, 0) is 55.8 Å². The first-order valence-electron chi connectivity index (χ1n) is 12.1. The molecule has 204 valence electrons. The van der Waals surface area contributed by atoms with Crippen molar-refractivity contribution in [1.29, 1.82) is 5.26 Å². The van der Waals surface area contributed by atoms with E-state index in [2.05, 4.69) is 22.0 Å². The molecule has 1 aliphatic heterocycles. The van der Waals surface area contributed by atoms with E-state index in [-0.39, 0.29) is 34.1 Å². The predicted molar refractivity (Wildman–Crippen MR) is 154 cm³/mol. The number of hydrogen-bond donors (Lipinski definition) is 3. The first-order valence-corrected chi connectivity index (χ1v) is 13.4. The third-order valence-corrected chi connectivity index (χ3v) is 7.62. The average molecular weight is 577 g/mol. The van der Waals surface area contributed by atoms with Gasteiger partial charge in [0.25, 0.3) is 5.91 Å². The third-order valence-electron chi connectivity index (χ3n) is 6.19. The molecule has 0 bridgehead atoms. The van der Waals surface area contributed by atoms with Crippen LogP contribution in [0.2, 0.25) is 5.02 Å². The number of dihydropyridines is 1. The van der Waals surface area contributed by atoms with Crippen LogP contribution in [-0.4, -0.2) is 30.6 Å². The number of esters is 1. The topological polar surface area (TPSA) is 133 Å². The van der Waals surface area contributed by atoms with E-state index in [1.165, 1.54) is 19.4 Å². The Kier molecular flexibility index (Phi) is 8.99. The second-order valence-corrected chi connectivity index (χ2v) is 10.1. The SMILES string of the molecule is COC(=O)c1ccccc1NC(=O)C1=C(C)NC(SCC(=O)Nc2cccc(Cl)c2C)=C(C#N)[C@H]1c1ccco1. The molecule has 0 unspecified atom stereocenters. The summed E-state index contributed by atoms with van der Waals surface area (Å²) in [7, 11) is 1.26. The van der Waals surface area contributed by atoms with Crippen LogP contribution in [-0.2, 0) is 14.3 Å². The Hall–Kier alpha value is -4.46. The number of hydrogen-bond acceptors (Lipinski definition) is 8. The maximum atomic E-state index is 13.6. The lowest BCUT2D eigenvalue weighted by Gasteiger charge is -2.28. The summed E-state index contributed by atoms with van der Waals surface area (Å²) in [5.74, 6) is -1.91. The first kappa shape index (κ1) is 28.5. The molecule has 9 nitrogen and oxygen atoms in total. The lowest BCUT2D eigenvalue weighted by atomic mass is 9.85. The summed E-state index contributed by atoms with van der Waals surface area (Å²) in [6.07, 6.45) is 1.46. The Morgan fingerprint density at radius 1 is 1.07 bits per heavy atom. The van der Waals surface area contributed by atoms with E-state index >= 15 is 0 Å². The minimum atomic E-state index is -0.854. The second kappa shape index (κ2) is 12.6. The highest BCUT2D eigenvalue weighted by molar-refractivity contribution is 8.03. The number of methoxy groups -OCH3 is 1. The molecular weight excluding hydrogens is 552 g/mol. The van der Waals surface area contributed by atoms with Crippen LogP contribution in [0.5, 0.6) is 0 Å². The Bertz CT molecular complexity index is 1570. The van der Waals surface area contributed by atoms with Gasteiger partial charge in [-0.25, -0.2) is 4.79 Å². The third kappa shape index (κ3) is 6.06. The summed E-state index contributed by atoms with van der Waals surface area (Å²) < 4.78 is 10.5. The second-order valence-electron chi connectivity index (χ2n) is 8.71. The van der Waals surface area contributed by atoms with Crippen LogP contribution in [0.4, 0.5) is 11.4 Å². The van der Waals surface area contributed by atoms with Crippen LogP contribution in [0.3, 0.4) is 0 Å². The van der Waals surface area contributed by atoms with E-state index in [0.717, 1.165) is 17.3 Å². The maximum Gasteiger partial charge on any atom is 0.339 e. The fraction of sp³-hybridized carbons (Fsp3) is 0.172. The van der Waals surface area contributed by atoms with Gasteiger partial charge in [0, 0.05) is 16.4 Å². The number of nitrogens with zero attached hydrogens (tertiary/aromatic N) is 1. The maximum absolute atomic E-state index is 13.6. The molecule has 0 aliphatic carbocycles. The molecule has 2 aromatic carbocycles. The van der Waals surface area contributed by atoms with Gasteiger partial charge >= 0.3 is 5.97 Å². The normalized spacial score (nSPS) is 14.7. The number of carbonyl (C=O) groups is 3. The van der Waals surface area contributed by atoms with Gasteiger partial charge < -0.3 is 25.1 Å². The van der Waals surface area contributed by atoms with E-state index in [9.17, 15) is 19.6 Å². The quantitative estimate of drug-likeness (QED) is 0.289. The number of thioether (sulfide) groups is 1. The van der Waals surface area contributed by atoms with Crippen molar-refractivity contribution in [2.75, 3.05) is 23.5 Å². The molecule has 2 amide bonds. The van der Waals surface area contributed by atoms with E-state index in [0.29, 0.717) is 27.2 Å². The molecular formula is C29H25ClN4O5S. The molecule has 3 aromatic rings. The minimum Gasteiger partial charge on any atom is -0.468 e. The highest BCUT2D eigenvalue weighted by Crippen LogP contribution is 2.41. The van der Waals surface area contributed by atoms with Crippen LogP contribution in [0.25, 0.3) is 0 Å². The molecule has 0 saturated heterocycles. The van der Waals surface area contributed by atoms with E-state index in [1.54, 1.807) is 55.5 Å². The zero-order valence-corrected chi connectivity index (χ0v) is 23.4. The fourth-order valence-corrected chi connectivity index (χ4v) is 5.27. The van der Waals surface area contributed by atoms with Gasteiger partial charge in [-0.2, -0.15) is 5.26 Å². The van der Waals surface area contributed by atoms with Gasteiger partial charge in [-0.1, -0.05) is 41.6 Å². The summed E-state index contributed by atoms with van der Waals surface area (Å²) in [6, 6.07) is 17.2. The van der Waals surface area contributed by atoms with Gasteiger partial charge in [0.2, 0.25) is 5.91 Å². The Morgan fingerprint density at radius 2 is 1.82 bits per heavy atom. The molecule has 0 saturated carbocycles. The van der Waals surface area contributed by atoms with E-state index < -0.39 is 17.8 Å². The number of anilines is 2. The summed E-state index contributed by atoms with van der Waals surface area (Å²) in [6.45, 7) is 3.50. The van der Waals surface area contributed by atoms with Crippen molar-refractivity contribution in [1.82, 2.24) is 5.32 Å². The van der Waals surface area contributed by atoms with E-state index in [1.807, 2.05) is 6.92 Å². The molecule has 0 spiro atoms. The number of halogens is 1. The standard InChI is InChI=1S/C29H25ClN4O5S/c1-16-20(30)9-6-11-21(16)33-24(35)15-40-28-19(14-31)26(23-12-7-13-39-23)25(17(2)32-28)27(36)34-22-10-5-4-8-18(22)29(37)38-3/h4-13,26,32H,15H2,1-3H3,(H,33,35)(H,34,36)/t26-/m0/s1. The Labute approximate surface area is 240 Å². The number of nitriles is 1. The zero-order valence-electron chi connectivity index (χ0n) is 21.8. The van der Waals surface area contributed by atoms with Crippen molar-refractivity contribution in [3.63, 3.8) is 0 Å². The number of rotatable bonds is 8. The van der Waals surface area contributed by atoms with Gasteiger partial charge in [-0.3, -0.25) is 9.59 Å². The first-order chi connectivity index (χ1) is 19.2. The highest BCUT2D eigenvalue weighted by atomic mass is 35.5. The van der Waals surface area contributed by atoms with E-state index in [4.69, 9.17) is 20.8 Å². The fourth-order valence-electron chi connectivity index (χ4n) is 4.20. The number of carbonyl (C=O) groups excluding carboxylic acids is 3. The summed E-state index contributed by atoms with van der Waals surface area (Å²) >= 11 is 7.29. The minimum absolute atomic E-state index is 0.00828. The Morgan fingerprint density at radius 3 is 2.52 bits per heavy atom. The number of benzene rings is 2. The number of allylic oxidation sites excluding steroid dienone is 2. The van der Waals surface area contributed by atoms with Crippen molar-refractivity contribution >= 4 is 52.5 Å². The van der Waals surface area contributed by atoms with Crippen molar-refractivity contribution < 1.29 is 23.5 Å². The zero-order chi connectivity index (χ0) is 28.8. The molecule has 4 rings (SSSR count). The molecule has 40 heavy (non-hydrogen) atoms. The molecule has 1 aliphatic rings. The summed E-state index contributed by atoms with van der Waals surface area (Å²) in [5, 5.41) is 19.9. The molecule has 0 fully saturated rings. The highest BCUT2D eigenvalue weighted by Gasteiger charge is 2.37. The van der Waals surface area contributed by atoms with Crippen molar-refractivity contribution in [3.05, 3.63) is 105 Å². The molecule has 11 heteroatoms. The lowest BCUT2D eigenvalue weighted by molar-refractivity contribution is -0.114. The molecule has 3 N–H and O–H groups in total. The predicted octanol–water partition coefficient (Wildman–Crippen LogP) is 5.73. The number of furan rings is 1. The van der Waals surface area contributed by atoms with Crippen molar-refractivity contribution in [3.8, 4) is 6.07 Å². The van der Waals surface area contributed by atoms with Crippen LogP contribution in [0, 0.1) is 18.3 Å². The van der Waals surface area contributed by atoms with Gasteiger partial charge in [-0.15, -0.1) is 0 Å². The van der Waals surface area contributed by atoms with Crippen LogP contribution >= 0.6 is 23.4 Å².